The van der Waals surface area contributed by atoms with E-state index in [0.717, 1.165) is 0 Å². The van der Waals surface area contributed by atoms with Crippen LogP contribution in [0, 0.1) is 5.92 Å². The molecule has 0 amide bonds. The highest BCUT2D eigenvalue weighted by atomic mass is 35.5. The van der Waals surface area contributed by atoms with Gasteiger partial charge in [0.05, 0.1) is 5.38 Å². The van der Waals surface area contributed by atoms with Crippen molar-refractivity contribution < 1.29 is 9.90 Å². The number of alkyl halides is 2. The van der Waals surface area contributed by atoms with Gasteiger partial charge in [0, 0.05) is 5.88 Å². The Morgan fingerprint density at radius 1 is 1.73 bits per heavy atom. The van der Waals surface area contributed by atoms with Crippen LogP contribution in [0.15, 0.2) is 0 Å². The summed E-state index contributed by atoms with van der Waals surface area (Å²) in [6.45, 7) is 1.67. The average molecular weight is 200 g/mol. The molecule has 0 radical (unpaired) electrons. The number of carboxylic acids is 1. The van der Waals surface area contributed by atoms with Crippen LogP contribution in [0.2, 0.25) is 0 Å². The lowest BCUT2D eigenvalue weighted by Gasteiger charge is -2.18. The van der Waals surface area contributed by atoms with Gasteiger partial charge in [-0.1, -0.05) is 6.92 Å². The van der Waals surface area contributed by atoms with Gasteiger partial charge < -0.3 is 10.8 Å². The maximum atomic E-state index is 10.3. The quantitative estimate of drug-likeness (QED) is 0.662. The van der Waals surface area contributed by atoms with Crippen LogP contribution >= 0.6 is 23.2 Å². The molecule has 66 valence electrons. The fraction of sp³-hybridized carbons (Fsp3) is 0.833. The van der Waals surface area contributed by atoms with E-state index in [2.05, 4.69) is 0 Å². The van der Waals surface area contributed by atoms with Crippen LogP contribution in [-0.4, -0.2) is 28.4 Å². The third-order valence-electron chi connectivity index (χ3n) is 1.57. The zero-order valence-electron chi connectivity index (χ0n) is 6.13. The summed E-state index contributed by atoms with van der Waals surface area (Å²) in [7, 11) is 0. The largest absolute Gasteiger partial charge is 0.480 e. The molecule has 0 aliphatic rings. The molecule has 0 aliphatic carbocycles. The third kappa shape index (κ3) is 3.27. The number of carboxylic acid groups (broad SMARTS) is 1. The maximum absolute atomic E-state index is 10.3. The minimum Gasteiger partial charge on any atom is -0.480 e. The Bertz CT molecular complexity index is 143. The molecule has 3 nitrogen and oxygen atoms in total. The average Bonchev–Trinajstić information content (AvgIpc) is 2.00. The monoisotopic (exact) mass is 199 g/mol. The Morgan fingerprint density at radius 2 is 2.18 bits per heavy atom. The lowest BCUT2D eigenvalue weighted by Crippen LogP contribution is -2.41. The summed E-state index contributed by atoms with van der Waals surface area (Å²) in [5.41, 5.74) is 5.29. The highest BCUT2D eigenvalue weighted by Gasteiger charge is 2.25. The summed E-state index contributed by atoms with van der Waals surface area (Å²) in [5, 5.41) is 8.08. The number of carbonyl (C=O) groups is 1. The molecule has 3 atom stereocenters. The van der Waals surface area contributed by atoms with Crippen molar-refractivity contribution >= 4 is 29.2 Å². The zero-order chi connectivity index (χ0) is 9.02. The Hall–Kier alpha value is 0.01000. The van der Waals surface area contributed by atoms with E-state index in [1.807, 2.05) is 0 Å². The first-order valence-corrected chi connectivity index (χ1v) is 4.16. The first kappa shape index (κ1) is 11.0. The number of rotatable bonds is 4. The van der Waals surface area contributed by atoms with E-state index in [4.69, 9.17) is 34.0 Å². The fourth-order valence-corrected chi connectivity index (χ4v) is 1.03. The first-order valence-electron chi connectivity index (χ1n) is 3.19. The molecule has 0 aromatic rings. The molecule has 0 fully saturated rings. The Labute approximate surface area is 75.5 Å². The Morgan fingerprint density at radius 3 is 2.45 bits per heavy atom. The normalized spacial score (nSPS) is 18.9. The van der Waals surface area contributed by atoms with Gasteiger partial charge in [0.15, 0.2) is 0 Å². The number of hydrogen-bond acceptors (Lipinski definition) is 2. The van der Waals surface area contributed by atoms with Crippen molar-refractivity contribution in [3.63, 3.8) is 0 Å². The number of hydrogen-bond donors (Lipinski definition) is 2. The second-order valence-corrected chi connectivity index (χ2v) is 3.26. The van der Waals surface area contributed by atoms with Gasteiger partial charge in [0.2, 0.25) is 0 Å². The molecule has 0 aromatic heterocycles. The lowest BCUT2D eigenvalue weighted by molar-refractivity contribution is -0.139. The molecule has 0 bridgehead atoms. The predicted molar refractivity (Wildman–Crippen MR) is 45.1 cm³/mol. The molecule has 0 saturated carbocycles. The highest BCUT2D eigenvalue weighted by molar-refractivity contribution is 6.28. The van der Waals surface area contributed by atoms with Crippen LogP contribution in [0.4, 0.5) is 0 Å². The van der Waals surface area contributed by atoms with Crippen molar-refractivity contribution in [2.45, 2.75) is 18.3 Å². The van der Waals surface area contributed by atoms with Crippen LogP contribution in [0.3, 0.4) is 0 Å². The van der Waals surface area contributed by atoms with Crippen molar-refractivity contribution in [3.8, 4) is 0 Å². The summed E-state index contributed by atoms with van der Waals surface area (Å²) in [4.78, 5) is 10.3. The van der Waals surface area contributed by atoms with Gasteiger partial charge in [0.25, 0.3) is 0 Å². The van der Waals surface area contributed by atoms with Crippen molar-refractivity contribution in [1.29, 1.82) is 0 Å². The van der Waals surface area contributed by atoms with E-state index in [0.29, 0.717) is 0 Å². The van der Waals surface area contributed by atoms with Gasteiger partial charge in [-0.3, -0.25) is 4.79 Å². The summed E-state index contributed by atoms with van der Waals surface area (Å²) in [6.07, 6.45) is 0. The second-order valence-electron chi connectivity index (χ2n) is 2.39. The fourth-order valence-electron chi connectivity index (χ4n) is 0.590. The molecule has 5 heteroatoms. The minimum absolute atomic E-state index is 0.212. The van der Waals surface area contributed by atoms with E-state index >= 15 is 0 Å². The van der Waals surface area contributed by atoms with Gasteiger partial charge in [-0.05, 0) is 5.92 Å². The summed E-state index contributed by atoms with van der Waals surface area (Å²) >= 11 is 11.1. The molecule has 0 saturated heterocycles. The van der Waals surface area contributed by atoms with E-state index in [1.54, 1.807) is 6.92 Å². The summed E-state index contributed by atoms with van der Waals surface area (Å²) in [5.74, 6) is -1.15. The number of halogens is 2. The van der Waals surface area contributed by atoms with Crippen molar-refractivity contribution in [2.75, 3.05) is 5.88 Å². The van der Waals surface area contributed by atoms with E-state index < -0.39 is 12.0 Å². The smallest absolute Gasteiger partial charge is 0.320 e. The van der Waals surface area contributed by atoms with E-state index in [9.17, 15) is 4.79 Å². The molecule has 0 aromatic carbocycles. The summed E-state index contributed by atoms with van der Waals surface area (Å²) in [6, 6.07) is -0.934. The van der Waals surface area contributed by atoms with Crippen molar-refractivity contribution in [3.05, 3.63) is 0 Å². The molecule has 11 heavy (non-hydrogen) atoms. The minimum atomic E-state index is -1.05. The van der Waals surface area contributed by atoms with E-state index in [-0.39, 0.29) is 17.2 Å². The predicted octanol–water partition coefficient (Wildman–Crippen LogP) is 0.881. The van der Waals surface area contributed by atoms with Gasteiger partial charge in [-0.15, -0.1) is 23.2 Å². The van der Waals surface area contributed by atoms with Gasteiger partial charge in [-0.2, -0.15) is 0 Å². The molecular weight excluding hydrogens is 189 g/mol. The molecule has 0 rings (SSSR count). The molecule has 0 heterocycles. The third-order valence-corrected chi connectivity index (χ3v) is 2.61. The van der Waals surface area contributed by atoms with Crippen LogP contribution in [0.25, 0.3) is 0 Å². The van der Waals surface area contributed by atoms with Crippen LogP contribution in [0.1, 0.15) is 6.92 Å². The Balaban J connectivity index is 4.00. The molecule has 0 spiro atoms. The van der Waals surface area contributed by atoms with Crippen molar-refractivity contribution in [1.82, 2.24) is 0 Å². The SMILES string of the molecule is CC(C(Cl)CCl)C(N)C(=O)O. The number of nitrogens with two attached hydrogens (primary N) is 1. The van der Waals surface area contributed by atoms with Crippen LogP contribution in [0.5, 0.6) is 0 Å². The van der Waals surface area contributed by atoms with E-state index in [1.165, 1.54) is 0 Å². The standard InChI is InChI=1S/C6H11Cl2NO2/c1-3(4(8)2-7)5(9)6(10)11/h3-5H,2,9H2,1H3,(H,10,11). The van der Waals surface area contributed by atoms with Gasteiger partial charge >= 0.3 is 5.97 Å². The van der Waals surface area contributed by atoms with Crippen LogP contribution < -0.4 is 5.73 Å². The Kier molecular flexibility index (Phi) is 4.81. The van der Waals surface area contributed by atoms with Gasteiger partial charge in [-0.25, -0.2) is 0 Å². The summed E-state index contributed by atoms with van der Waals surface area (Å²) < 4.78 is 0. The molecule has 0 aliphatic heterocycles. The topological polar surface area (TPSA) is 63.3 Å². The zero-order valence-corrected chi connectivity index (χ0v) is 7.64. The van der Waals surface area contributed by atoms with Crippen molar-refractivity contribution in [2.24, 2.45) is 11.7 Å². The van der Waals surface area contributed by atoms with Crippen LogP contribution in [-0.2, 0) is 4.79 Å². The maximum Gasteiger partial charge on any atom is 0.320 e. The lowest BCUT2D eigenvalue weighted by atomic mass is 10.00. The second kappa shape index (κ2) is 4.80. The number of aliphatic carboxylic acids is 1. The highest BCUT2D eigenvalue weighted by Crippen LogP contribution is 2.14. The first-order chi connectivity index (χ1) is 5.00. The molecule has 3 N–H and O–H groups in total. The van der Waals surface area contributed by atoms with Gasteiger partial charge in [0.1, 0.15) is 6.04 Å². The molecular formula is C6H11Cl2NO2. The molecule has 3 unspecified atom stereocenters.